The molecule has 0 amide bonds. The normalized spacial score (nSPS) is 15.6. The van der Waals surface area contributed by atoms with E-state index in [0.717, 1.165) is 23.6 Å². The molecule has 3 rings (SSSR count). The Morgan fingerprint density at radius 2 is 2.31 bits per heavy atom. The van der Waals surface area contributed by atoms with Gasteiger partial charge in [0.1, 0.15) is 6.26 Å². The maximum Gasteiger partial charge on any atom is 0.263 e. The van der Waals surface area contributed by atoms with Crippen LogP contribution in [-0.2, 0) is 6.54 Å². The summed E-state index contributed by atoms with van der Waals surface area (Å²) in [4.78, 5) is 4.39. The standard InChI is InChI=1S/C12H14N2O2/c1-8-4-5-15-11(8)12-14-10(7-16-12)6-13-9-2-3-9/h4-5,7,9,13H,2-3,6H2,1H3. The smallest absolute Gasteiger partial charge is 0.263 e. The van der Waals surface area contributed by atoms with Crippen molar-refractivity contribution in [1.29, 1.82) is 0 Å². The van der Waals surface area contributed by atoms with Gasteiger partial charge in [-0.05, 0) is 25.8 Å². The van der Waals surface area contributed by atoms with Crippen molar-refractivity contribution < 1.29 is 8.83 Å². The summed E-state index contributed by atoms with van der Waals surface area (Å²) in [7, 11) is 0. The largest absolute Gasteiger partial charge is 0.459 e. The molecule has 0 radical (unpaired) electrons. The van der Waals surface area contributed by atoms with Gasteiger partial charge in [-0.1, -0.05) is 0 Å². The molecule has 1 fully saturated rings. The van der Waals surface area contributed by atoms with E-state index in [9.17, 15) is 0 Å². The van der Waals surface area contributed by atoms with Gasteiger partial charge in [0.05, 0.1) is 12.0 Å². The first-order valence-electron chi connectivity index (χ1n) is 5.55. The average molecular weight is 218 g/mol. The van der Waals surface area contributed by atoms with Crippen molar-refractivity contribution in [2.45, 2.75) is 32.4 Å². The third kappa shape index (κ3) is 1.88. The van der Waals surface area contributed by atoms with Gasteiger partial charge in [-0.3, -0.25) is 0 Å². The van der Waals surface area contributed by atoms with Crippen LogP contribution in [0, 0.1) is 6.92 Å². The van der Waals surface area contributed by atoms with Crippen molar-refractivity contribution in [3.05, 3.63) is 29.9 Å². The van der Waals surface area contributed by atoms with Crippen LogP contribution < -0.4 is 5.32 Å². The number of hydrogen-bond acceptors (Lipinski definition) is 4. The van der Waals surface area contributed by atoms with Gasteiger partial charge in [0.25, 0.3) is 5.89 Å². The van der Waals surface area contributed by atoms with Crippen LogP contribution in [0.5, 0.6) is 0 Å². The zero-order valence-corrected chi connectivity index (χ0v) is 9.19. The Morgan fingerprint density at radius 3 is 3.00 bits per heavy atom. The van der Waals surface area contributed by atoms with Crippen LogP contribution in [-0.4, -0.2) is 11.0 Å². The minimum atomic E-state index is 0.565. The van der Waals surface area contributed by atoms with E-state index in [-0.39, 0.29) is 0 Å². The second-order valence-corrected chi connectivity index (χ2v) is 4.23. The van der Waals surface area contributed by atoms with Gasteiger partial charge < -0.3 is 14.2 Å². The van der Waals surface area contributed by atoms with Crippen molar-refractivity contribution in [3.63, 3.8) is 0 Å². The third-order valence-electron chi connectivity index (χ3n) is 2.76. The van der Waals surface area contributed by atoms with Crippen molar-refractivity contribution in [3.8, 4) is 11.7 Å². The third-order valence-corrected chi connectivity index (χ3v) is 2.76. The van der Waals surface area contributed by atoms with E-state index in [4.69, 9.17) is 8.83 Å². The zero-order chi connectivity index (χ0) is 11.0. The number of rotatable bonds is 4. The fourth-order valence-corrected chi connectivity index (χ4v) is 1.62. The van der Waals surface area contributed by atoms with E-state index in [2.05, 4.69) is 10.3 Å². The Bertz CT molecular complexity index is 483. The van der Waals surface area contributed by atoms with E-state index in [1.165, 1.54) is 12.8 Å². The molecule has 4 nitrogen and oxygen atoms in total. The molecule has 0 bridgehead atoms. The van der Waals surface area contributed by atoms with Crippen LogP contribution in [0.25, 0.3) is 11.7 Å². The van der Waals surface area contributed by atoms with Gasteiger partial charge >= 0.3 is 0 Å². The lowest BCUT2D eigenvalue weighted by molar-refractivity contribution is 0.515. The molecule has 1 N–H and O–H groups in total. The highest BCUT2D eigenvalue weighted by Crippen LogP contribution is 2.24. The minimum Gasteiger partial charge on any atom is -0.459 e. The number of nitrogens with one attached hydrogen (secondary N) is 1. The van der Waals surface area contributed by atoms with Crippen molar-refractivity contribution in [2.75, 3.05) is 0 Å². The summed E-state index contributed by atoms with van der Waals surface area (Å²) < 4.78 is 10.7. The highest BCUT2D eigenvalue weighted by Gasteiger charge is 2.21. The molecule has 1 aliphatic carbocycles. The molecular formula is C12H14N2O2. The van der Waals surface area contributed by atoms with Crippen molar-refractivity contribution >= 4 is 0 Å². The fraction of sp³-hybridized carbons (Fsp3) is 0.417. The SMILES string of the molecule is Cc1ccoc1-c1nc(CNC2CC2)co1. The molecule has 2 aromatic rings. The van der Waals surface area contributed by atoms with Crippen LogP contribution in [0.2, 0.25) is 0 Å². The Balaban J connectivity index is 1.74. The van der Waals surface area contributed by atoms with E-state index < -0.39 is 0 Å². The molecule has 0 spiro atoms. The summed E-state index contributed by atoms with van der Waals surface area (Å²) in [6.45, 7) is 2.75. The maximum absolute atomic E-state index is 5.40. The first-order valence-corrected chi connectivity index (χ1v) is 5.55. The summed E-state index contributed by atoms with van der Waals surface area (Å²) in [5, 5.41) is 3.39. The molecule has 0 saturated heterocycles. The molecule has 0 aromatic carbocycles. The monoisotopic (exact) mass is 218 g/mol. The predicted octanol–water partition coefficient (Wildman–Crippen LogP) is 2.50. The average Bonchev–Trinajstić information content (AvgIpc) is 2.82. The quantitative estimate of drug-likeness (QED) is 0.856. The molecular weight excluding hydrogens is 204 g/mol. The second-order valence-electron chi connectivity index (χ2n) is 4.23. The first kappa shape index (κ1) is 9.66. The lowest BCUT2D eigenvalue weighted by Crippen LogP contribution is -2.15. The summed E-state index contributed by atoms with van der Waals surface area (Å²) in [5.41, 5.74) is 1.97. The van der Waals surface area contributed by atoms with Gasteiger partial charge in [0, 0.05) is 18.2 Å². The predicted molar refractivity (Wildman–Crippen MR) is 58.8 cm³/mol. The van der Waals surface area contributed by atoms with Crippen LogP contribution in [0.1, 0.15) is 24.1 Å². The number of aryl methyl sites for hydroxylation is 1. The number of furan rings is 1. The fourth-order valence-electron chi connectivity index (χ4n) is 1.62. The minimum absolute atomic E-state index is 0.565. The summed E-state index contributed by atoms with van der Waals surface area (Å²) in [6, 6.07) is 2.59. The Morgan fingerprint density at radius 1 is 1.44 bits per heavy atom. The maximum atomic E-state index is 5.40. The molecule has 0 unspecified atom stereocenters. The Labute approximate surface area is 93.7 Å². The van der Waals surface area contributed by atoms with Crippen LogP contribution >= 0.6 is 0 Å². The van der Waals surface area contributed by atoms with Gasteiger partial charge in [-0.25, -0.2) is 4.98 Å². The van der Waals surface area contributed by atoms with Gasteiger partial charge in [-0.2, -0.15) is 0 Å². The summed E-state index contributed by atoms with van der Waals surface area (Å²) in [5.74, 6) is 1.28. The van der Waals surface area contributed by atoms with Gasteiger partial charge in [-0.15, -0.1) is 0 Å². The number of aromatic nitrogens is 1. The molecule has 2 heterocycles. The van der Waals surface area contributed by atoms with E-state index in [1.54, 1.807) is 12.5 Å². The second kappa shape index (κ2) is 3.79. The molecule has 16 heavy (non-hydrogen) atoms. The van der Waals surface area contributed by atoms with E-state index in [0.29, 0.717) is 11.9 Å². The molecule has 1 saturated carbocycles. The Hall–Kier alpha value is -1.55. The number of nitrogens with zero attached hydrogens (tertiary/aromatic N) is 1. The van der Waals surface area contributed by atoms with E-state index >= 15 is 0 Å². The summed E-state index contributed by atoms with van der Waals surface area (Å²) in [6.07, 6.45) is 5.90. The Kier molecular flexibility index (Phi) is 2.29. The van der Waals surface area contributed by atoms with E-state index in [1.807, 2.05) is 13.0 Å². The molecule has 84 valence electrons. The van der Waals surface area contributed by atoms with Crippen LogP contribution in [0.3, 0.4) is 0 Å². The van der Waals surface area contributed by atoms with Crippen molar-refractivity contribution in [2.24, 2.45) is 0 Å². The highest BCUT2D eigenvalue weighted by molar-refractivity contribution is 5.50. The molecule has 1 aliphatic rings. The lowest BCUT2D eigenvalue weighted by Gasteiger charge is -1.96. The summed E-state index contributed by atoms with van der Waals surface area (Å²) >= 11 is 0. The van der Waals surface area contributed by atoms with Gasteiger partial charge in [0.2, 0.25) is 0 Å². The zero-order valence-electron chi connectivity index (χ0n) is 9.19. The number of hydrogen-bond donors (Lipinski definition) is 1. The molecule has 2 aromatic heterocycles. The number of oxazole rings is 1. The molecule has 0 aliphatic heterocycles. The molecule has 0 atom stereocenters. The van der Waals surface area contributed by atoms with Crippen LogP contribution in [0.4, 0.5) is 0 Å². The highest BCUT2D eigenvalue weighted by atomic mass is 16.4. The van der Waals surface area contributed by atoms with Crippen LogP contribution in [0.15, 0.2) is 27.4 Å². The van der Waals surface area contributed by atoms with Gasteiger partial charge in [0.15, 0.2) is 5.76 Å². The van der Waals surface area contributed by atoms with Crippen molar-refractivity contribution in [1.82, 2.24) is 10.3 Å². The first-order chi connectivity index (χ1) is 7.83. The molecule has 4 heteroatoms. The lowest BCUT2D eigenvalue weighted by atomic mass is 10.3. The topological polar surface area (TPSA) is 51.2 Å².